The molecule has 0 unspecified atom stereocenters. The third-order valence-corrected chi connectivity index (χ3v) is 6.94. The molecule has 0 saturated carbocycles. The van der Waals surface area contributed by atoms with Gasteiger partial charge in [0.2, 0.25) is 5.91 Å². The monoisotopic (exact) mass is 462 g/mol. The zero-order valence-corrected chi connectivity index (χ0v) is 20.1. The van der Waals surface area contributed by atoms with Gasteiger partial charge in [0.1, 0.15) is 18.2 Å². The lowest BCUT2D eigenvalue weighted by Crippen LogP contribution is -2.48. The van der Waals surface area contributed by atoms with Gasteiger partial charge in [-0.2, -0.15) is 0 Å². The second kappa shape index (κ2) is 11.8. The summed E-state index contributed by atoms with van der Waals surface area (Å²) < 4.78 is 19.5. The zero-order valence-electron chi connectivity index (χ0n) is 19.3. The maximum atomic E-state index is 13.6. The quantitative estimate of drug-likeness (QED) is 0.534. The van der Waals surface area contributed by atoms with Crippen LogP contribution in [0.15, 0.2) is 35.7 Å². The van der Waals surface area contributed by atoms with Gasteiger partial charge >= 0.3 is 0 Å². The van der Waals surface area contributed by atoms with E-state index in [1.165, 1.54) is 17.0 Å². The minimum absolute atomic E-state index is 0.0433. The van der Waals surface area contributed by atoms with Gasteiger partial charge in [-0.1, -0.05) is 26.8 Å². The number of aliphatic hydroxyl groups excluding tert-OH is 1. The summed E-state index contributed by atoms with van der Waals surface area (Å²) >= 11 is 1.71. The number of benzene rings is 1. The highest BCUT2D eigenvalue weighted by Gasteiger charge is 2.33. The average Bonchev–Trinajstić information content (AvgIpc) is 3.24. The van der Waals surface area contributed by atoms with E-state index in [4.69, 9.17) is 4.74 Å². The number of carbonyl (C=O) groups excluding carboxylic acids is 1. The van der Waals surface area contributed by atoms with Crippen molar-refractivity contribution in [1.29, 1.82) is 0 Å². The lowest BCUT2D eigenvalue weighted by molar-refractivity contribution is -0.136. The summed E-state index contributed by atoms with van der Waals surface area (Å²) in [5.74, 6) is 0.693. The van der Waals surface area contributed by atoms with Gasteiger partial charge in [-0.15, -0.1) is 11.3 Å². The number of fused-ring (bicyclic) bond motifs is 1. The van der Waals surface area contributed by atoms with Gasteiger partial charge in [-0.3, -0.25) is 9.69 Å². The fourth-order valence-corrected chi connectivity index (χ4v) is 4.92. The fourth-order valence-electron chi connectivity index (χ4n) is 3.99. The molecule has 0 bridgehead atoms. The molecular weight excluding hydrogens is 427 g/mol. The molecule has 32 heavy (non-hydrogen) atoms. The minimum atomic E-state index is -0.438. The number of carbonyl (C=O) groups is 1. The zero-order chi connectivity index (χ0) is 23.1. The van der Waals surface area contributed by atoms with Crippen LogP contribution >= 0.6 is 11.3 Å². The van der Waals surface area contributed by atoms with E-state index in [-0.39, 0.29) is 30.9 Å². The Kier molecular flexibility index (Phi) is 9.08. The Labute approximate surface area is 194 Å². The van der Waals surface area contributed by atoms with Crippen molar-refractivity contribution in [2.75, 3.05) is 32.8 Å². The maximum Gasteiger partial charge on any atom is 0.237 e. The van der Waals surface area contributed by atoms with Crippen molar-refractivity contribution in [3.05, 3.63) is 52.0 Å². The van der Waals surface area contributed by atoms with Crippen molar-refractivity contribution < 1.29 is 19.0 Å². The SMILES string of the molecule is CC[C@@H](O)CN(CCC(C)C)CC(=O)N1CCc2sccc2[C@H]1COc1cccc(F)c1. The van der Waals surface area contributed by atoms with E-state index >= 15 is 0 Å². The molecule has 3 rings (SSSR count). The van der Waals surface area contributed by atoms with Gasteiger partial charge in [-0.05, 0) is 60.9 Å². The van der Waals surface area contributed by atoms with E-state index in [9.17, 15) is 14.3 Å². The maximum absolute atomic E-state index is 13.6. The van der Waals surface area contributed by atoms with Crippen LogP contribution < -0.4 is 4.74 Å². The van der Waals surface area contributed by atoms with Crippen LogP contribution in [0, 0.1) is 11.7 Å². The molecule has 1 aliphatic rings. The molecule has 176 valence electrons. The highest BCUT2D eigenvalue weighted by Crippen LogP contribution is 2.34. The fraction of sp³-hybridized carbons (Fsp3) is 0.560. The largest absolute Gasteiger partial charge is 0.491 e. The molecule has 2 atom stereocenters. The highest BCUT2D eigenvalue weighted by molar-refractivity contribution is 7.10. The van der Waals surface area contributed by atoms with Crippen molar-refractivity contribution in [3.8, 4) is 5.75 Å². The van der Waals surface area contributed by atoms with Crippen LogP contribution in [0.5, 0.6) is 5.75 Å². The molecular formula is C25H35FN2O3S. The predicted octanol–water partition coefficient (Wildman–Crippen LogP) is 4.51. The van der Waals surface area contributed by atoms with Crippen molar-refractivity contribution in [2.45, 2.75) is 52.2 Å². The van der Waals surface area contributed by atoms with Crippen LogP contribution in [0.25, 0.3) is 0 Å². The van der Waals surface area contributed by atoms with Gasteiger partial charge in [0.05, 0.1) is 18.7 Å². The second-order valence-corrected chi connectivity index (χ2v) is 9.90. The molecule has 1 amide bonds. The van der Waals surface area contributed by atoms with Gasteiger partial charge in [0, 0.05) is 24.0 Å². The topological polar surface area (TPSA) is 53.0 Å². The summed E-state index contributed by atoms with van der Waals surface area (Å²) in [6, 6.07) is 7.96. The summed E-state index contributed by atoms with van der Waals surface area (Å²) in [7, 11) is 0. The molecule has 0 radical (unpaired) electrons. The Morgan fingerprint density at radius 2 is 2.19 bits per heavy atom. The molecule has 0 aliphatic carbocycles. The first-order chi connectivity index (χ1) is 15.4. The van der Waals surface area contributed by atoms with Gasteiger partial charge < -0.3 is 14.7 Å². The third-order valence-electron chi connectivity index (χ3n) is 5.94. The summed E-state index contributed by atoms with van der Waals surface area (Å²) in [4.78, 5) is 18.7. The molecule has 0 spiro atoms. The van der Waals surface area contributed by atoms with Crippen LogP contribution in [-0.2, 0) is 11.2 Å². The third kappa shape index (κ3) is 6.77. The lowest BCUT2D eigenvalue weighted by Gasteiger charge is -2.37. The van der Waals surface area contributed by atoms with E-state index < -0.39 is 6.10 Å². The number of rotatable bonds is 11. The molecule has 5 nitrogen and oxygen atoms in total. The molecule has 0 saturated heterocycles. The summed E-state index contributed by atoms with van der Waals surface area (Å²) in [5, 5.41) is 12.2. The minimum Gasteiger partial charge on any atom is -0.491 e. The van der Waals surface area contributed by atoms with Crippen molar-refractivity contribution in [1.82, 2.24) is 9.80 Å². The molecule has 7 heteroatoms. The number of hydrogen-bond donors (Lipinski definition) is 1. The van der Waals surface area contributed by atoms with Gasteiger partial charge in [0.15, 0.2) is 0 Å². The van der Waals surface area contributed by atoms with Gasteiger partial charge in [0.25, 0.3) is 0 Å². The Hall–Kier alpha value is -1.96. The van der Waals surface area contributed by atoms with Crippen LogP contribution in [0.2, 0.25) is 0 Å². The van der Waals surface area contributed by atoms with E-state index in [1.54, 1.807) is 23.5 Å². The standard InChI is InChI=1S/C25H35FN2O3S/c1-4-20(29)15-27(11-8-18(2)3)16-25(30)28-12-9-24-22(10-13-32-24)23(28)17-31-21-7-5-6-19(26)14-21/h5-7,10,13-14,18,20,23,29H,4,8-9,11-12,15-17H2,1-3H3/t20-,23-/m1/s1. The lowest BCUT2D eigenvalue weighted by atomic mass is 10.00. The molecule has 2 aromatic rings. The molecule has 1 aromatic carbocycles. The van der Waals surface area contributed by atoms with Crippen LogP contribution in [0.3, 0.4) is 0 Å². The molecule has 1 aromatic heterocycles. The Balaban J connectivity index is 1.72. The van der Waals surface area contributed by atoms with E-state index in [2.05, 4.69) is 30.2 Å². The first-order valence-electron chi connectivity index (χ1n) is 11.5. The predicted molar refractivity (Wildman–Crippen MR) is 127 cm³/mol. The highest BCUT2D eigenvalue weighted by atomic mass is 32.1. The number of halogens is 1. The first kappa shape index (κ1) is 24.7. The van der Waals surface area contributed by atoms with E-state index in [1.807, 2.05) is 11.8 Å². The number of hydrogen-bond acceptors (Lipinski definition) is 5. The Morgan fingerprint density at radius 3 is 2.91 bits per heavy atom. The Morgan fingerprint density at radius 1 is 1.38 bits per heavy atom. The molecule has 1 N–H and O–H groups in total. The van der Waals surface area contributed by atoms with E-state index in [0.29, 0.717) is 31.2 Å². The van der Waals surface area contributed by atoms with Crippen LogP contribution in [0.4, 0.5) is 4.39 Å². The van der Waals surface area contributed by atoms with Gasteiger partial charge in [-0.25, -0.2) is 4.39 Å². The van der Waals surface area contributed by atoms with Crippen molar-refractivity contribution in [2.24, 2.45) is 5.92 Å². The summed E-state index contributed by atoms with van der Waals surface area (Å²) in [5.41, 5.74) is 1.12. The number of nitrogens with zero attached hydrogens (tertiary/aromatic N) is 2. The number of aliphatic hydroxyl groups is 1. The van der Waals surface area contributed by atoms with Crippen molar-refractivity contribution in [3.63, 3.8) is 0 Å². The molecule has 0 fully saturated rings. The smallest absolute Gasteiger partial charge is 0.237 e. The normalized spacial score (nSPS) is 17.0. The number of amides is 1. The molecule has 1 aliphatic heterocycles. The average molecular weight is 463 g/mol. The van der Waals surface area contributed by atoms with Crippen LogP contribution in [-0.4, -0.2) is 59.7 Å². The first-order valence-corrected chi connectivity index (χ1v) is 12.4. The summed E-state index contributed by atoms with van der Waals surface area (Å²) in [6.45, 7) is 8.76. The summed E-state index contributed by atoms with van der Waals surface area (Å²) in [6.07, 6.45) is 2.04. The number of thiophene rings is 1. The Bertz CT molecular complexity index is 872. The van der Waals surface area contributed by atoms with E-state index in [0.717, 1.165) is 24.9 Å². The van der Waals surface area contributed by atoms with Crippen molar-refractivity contribution >= 4 is 17.2 Å². The number of ether oxygens (including phenoxy) is 1. The van der Waals surface area contributed by atoms with Crippen LogP contribution in [0.1, 0.15) is 50.1 Å². The second-order valence-electron chi connectivity index (χ2n) is 8.90. The molecule has 2 heterocycles.